The molecule has 0 aliphatic rings. The van der Waals surface area contributed by atoms with Gasteiger partial charge in [-0.25, -0.2) is 0 Å². The fraction of sp³-hybridized carbons (Fsp3) is 0. The van der Waals surface area contributed by atoms with Crippen LogP contribution in [-0.2, 0) is 14.5 Å². The maximum absolute atomic E-state index is 8.94. The minimum Gasteiger partial charge on any atom is -0.787 e. The van der Waals surface area contributed by atoms with Crippen LogP contribution < -0.4 is 9.79 Å². The van der Waals surface area contributed by atoms with Crippen LogP contribution >= 0.6 is 7.82 Å². The molecule has 37 valence electrons. The zero-order chi connectivity index (χ0) is 5.21. The van der Waals surface area contributed by atoms with Gasteiger partial charge < -0.3 is 14.4 Å². The van der Waals surface area contributed by atoms with Crippen molar-refractivity contribution in [3.8, 4) is 0 Å². The smallest absolute Gasteiger partial charge is 0.104 e. The van der Waals surface area contributed by atoms with Crippen LogP contribution in [0.5, 0.6) is 0 Å². The van der Waals surface area contributed by atoms with Crippen molar-refractivity contribution in [3.63, 3.8) is 0 Å². The van der Waals surface area contributed by atoms with Gasteiger partial charge in [-0.1, -0.05) is 0 Å². The summed E-state index contributed by atoms with van der Waals surface area (Å²) in [6, 6.07) is 0. The Morgan fingerprint density at radius 2 is 1.67 bits per heavy atom. The van der Waals surface area contributed by atoms with Gasteiger partial charge in [0.05, 0.1) is 0 Å². The van der Waals surface area contributed by atoms with Crippen LogP contribution in [0.3, 0.4) is 0 Å². The molecule has 0 unspecified atom stereocenters. The minimum absolute atomic E-state index is 2.13. The van der Waals surface area contributed by atoms with Crippen LogP contribution in [0.1, 0.15) is 0 Å². The lowest BCUT2D eigenvalue weighted by Crippen LogP contribution is -2.13. The summed E-state index contributed by atoms with van der Waals surface area (Å²) in [6.45, 7) is 0. The summed E-state index contributed by atoms with van der Waals surface area (Å²) < 4.78 is 11.1. The molecule has 6 heteroatoms. The summed E-state index contributed by atoms with van der Waals surface area (Å²) in [6.07, 6.45) is 0. The Hall–Kier alpha value is 0.0700. The maximum atomic E-state index is 8.94. The molecular formula is O5P-2. The van der Waals surface area contributed by atoms with E-state index in [0.717, 1.165) is 0 Å². The van der Waals surface area contributed by atoms with Crippen LogP contribution in [0, 0.1) is 0 Å². The summed E-state index contributed by atoms with van der Waals surface area (Å²) in [5.74, 6) is 0. The zero-order valence-corrected chi connectivity index (χ0v) is 3.38. The van der Waals surface area contributed by atoms with E-state index in [4.69, 9.17) is 19.6 Å². The molecule has 0 saturated carbocycles. The topological polar surface area (TPSA) is 92.3 Å². The zero-order valence-electron chi connectivity index (χ0n) is 2.49. The quantitative estimate of drug-likeness (QED) is 0.226. The molecule has 0 rings (SSSR count). The molecule has 6 heavy (non-hydrogen) atoms. The van der Waals surface area contributed by atoms with Crippen molar-refractivity contribution >= 4 is 7.82 Å². The third kappa shape index (κ3) is 4.07. The normalized spacial score (nSPS) is 11.8. The van der Waals surface area contributed by atoms with Gasteiger partial charge in [-0.3, -0.25) is 0 Å². The fourth-order valence-electron chi connectivity index (χ4n) is 0. The van der Waals surface area contributed by atoms with Crippen molar-refractivity contribution in [1.82, 2.24) is 0 Å². The Kier molecular flexibility index (Phi) is 1.70. The summed E-state index contributed by atoms with van der Waals surface area (Å²) in [7, 11) is -5.20. The second kappa shape index (κ2) is 1.68. The van der Waals surface area contributed by atoms with Crippen molar-refractivity contribution in [2.24, 2.45) is 0 Å². The molecule has 5 nitrogen and oxygen atoms in total. The highest BCUT2D eigenvalue weighted by atomic mass is 31.2. The van der Waals surface area contributed by atoms with Gasteiger partial charge in [-0.05, 0) is 5.26 Å². The molecule has 0 saturated heterocycles. The highest BCUT2D eigenvalue weighted by Crippen LogP contribution is 2.21. The third-order valence-electron chi connectivity index (χ3n) is 0.0913. The van der Waals surface area contributed by atoms with Gasteiger partial charge in [-0.2, -0.15) is 4.67 Å². The van der Waals surface area contributed by atoms with Gasteiger partial charge in [0.2, 0.25) is 0 Å². The number of rotatable bonds is 1. The van der Waals surface area contributed by atoms with E-state index in [0.29, 0.717) is 0 Å². The second-order valence-electron chi connectivity index (χ2n) is 0.522. The number of hydrogen-bond acceptors (Lipinski definition) is 4. The van der Waals surface area contributed by atoms with E-state index in [1.165, 1.54) is 0 Å². The predicted molar refractivity (Wildman–Crippen MR) is 9.38 cm³/mol. The molecule has 0 N–H and O–H groups in total. The Labute approximate surface area is 33.3 Å². The van der Waals surface area contributed by atoms with Crippen LogP contribution in [0.25, 0.3) is 0 Å². The first-order valence-corrected chi connectivity index (χ1v) is 2.36. The van der Waals surface area contributed by atoms with Crippen molar-refractivity contribution in [1.29, 1.82) is 0 Å². The fourth-order valence-corrected chi connectivity index (χ4v) is 0. The van der Waals surface area contributed by atoms with Crippen LogP contribution in [0.15, 0.2) is 0 Å². The van der Waals surface area contributed by atoms with E-state index < -0.39 is 7.82 Å². The standard InChI is InChI=1S/H2O5P/c1-5-6(2,3)4/h(H2,2,3,4)/p-2. The van der Waals surface area contributed by atoms with E-state index >= 15 is 0 Å². The molecule has 0 fully saturated rings. The van der Waals surface area contributed by atoms with Gasteiger partial charge in [0.15, 0.2) is 0 Å². The first kappa shape index (κ1) is 6.07. The molecule has 0 spiro atoms. The van der Waals surface area contributed by atoms with Crippen molar-refractivity contribution < 1.29 is 24.3 Å². The van der Waals surface area contributed by atoms with Gasteiger partial charge in [0.1, 0.15) is 7.82 Å². The van der Waals surface area contributed by atoms with Crippen LogP contribution in [0.2, 0.25) is 0 Å². The SMILES string of the molecule is [O]OP(=O)([O-])[O-]. The highest BCUT2D eigenvalue weighted by Gasteiger charge is 1.81. The Bertz CT molecular complexity index is 68.0. The van der Waals surface area contributed by atoms with E-state index in [2.05, 4.69) is 4.67 Å². The van der Waals surface area contributed by atoms with Gasteiger partial charge in [0, 0.05) is 0 Å². The van der Waals surface area contributed by atoms with Gasteiger partial charge in [0.25, 0.3) is 0 Å². The Morgan fingerprint density at radius 3 is 1.67 bits per heavy atom. The molecule has 0 aromatic rings. The van der Waals surface area contributed by atoms with Gasteiger partial charge >= 0.3 is 0 Å². The molecular weight excluding hydrogens is 111 g/mol. The van der Waals surface area contributed by atoms with E-state index in [1.807, 2.05) is 0 Å². The molecule has 1 radical (unpaired) electrons. The molecule has 0 aliphatic carbocycles. The predicted octanol–water partition coefficient (Wildman–Crippen LogP) is -1.82. The number of phosphoric acid groups is 1. The van der Waals surface area contributed by atoms with Crippen molar-refractivity contribution in [2.45, 2.75) is 0 Å². The molecule has 0 amide bonds. The van der Waals surface area contributed by atoms with Crippen LogP contribution in [-0.4, -0.2) is 0 Å². The largest absolute Gasteiger partial charge is 0.787 e. The maximum Gasteiger partial charge on any atom is 0.104 e. The average Bonchev–Trinajstić information content (AvgIpc) is 1.35. The summed E-state index contributed by atoms with van der Waals surface area (Å²) in [5, 5.41) is 8.56. The van der Waals surface area contributed by atoms with Crippen LogP contribution in [0.4, 0.5) is 0 Å². The van der Waals surface area contributed by atoms with Gasteiger partial charge in [-0.15, -0.1) is 0 Å². The first-order chi connectivity index (χ1) is 2.56. The Balaban J connectivity index is 3.48. The van der Waals surface area contributed by atoms with Crippen molar-refractivity contribution in [3.05, 3.63) is 0 Å². The highest BCUT2D eigenvalue weighted by molar-refractivity contribution is 7.43. The molecule has 0 aromatic carbocycles. The lowest BCUT2D eigenvalue weighted by Gasteiger charge is -2.21. The third-order valence-corrected chi connectivity index (χ3v) is 0.274. The monoisotopic (exact) mass is 111 g/mol. The van der Waals surface area contributed by atoms with E-state index in [1.54, 1.807) is 0 Å². The number of hydrogen-bond donors (Lipinski definition) is 0. The summed E-state index contributed by atoms with van der Waals surface area (Å²) >= 11 is 0. The molecule has 0 atom stereocenters. The molecule has 0 heterocycles. The second-order valence-corrected chi connectivity index (χ2v) is 1.57. The van der Waals surface area contributed by atoms with E-state index in [9.17, 15) is 0 Å². The minimum atomic E-state index is -5.20. The van der Waals surface area contributed by atoms with E-state index in [-0.39, 0.29) is 0 Å². The first-order valence-electron chi connectivity index (χ1n) is 0.897. The average molecular weight is 111 g/mol. The molecule has 0 aliphatic heterocycles. The van der Waals surface area contributed by atoms with Crippen molar-refractivity contribution in [2.75, 3.05) is 0 Å². The molecule has 0 aromatic heterocycles. The Morgan fingerprint density at radius 1 is 1.50 bits per heavy atom. The lowest BCUT2D eigenvalue weighted by molar-refractivity contribution is -0.394. The summed E-state index contributed by atoms with van der Waals surface area (Å²) in [5.41, 5.74) is 0. The lowest BCUT2D eigenvalue weighted by atomic mass is 15.0. The molecule has 0 bridgehead atoms. The summed E-state index contributed by atoms with van der Waals surface area (Å²) in [4.78, 5) is 17.9.